The fraction of sp³-hybridized carbons (Fsp3) is 0.211. The van der Waals surface area contributed by atoms with Gasteiger partial charge in [0.2, 0.25) is 5.91 Å². The van der Waals surface area contributed by atoms with Crippen LogP contribution in [0.3, 0.4) is 0 Å². The van der Waals surface area contributed by atoms with Gasteiger partial charge in [-0.05, 0) is 42.5 Å². The Bertz CT molecular complexity index is 824. The van der Waals surface area contributed by atoms with E-state index < -0.39 is 11.8 Å². The number of nitrogens with one attached hydrogen (secondary N) is 1. The van der Waals surface area contributed by atoms with Crippen molar-refractivity contribution in [1.82, 2.24) is 10.4 Å². The second kappa shape index (κ2) is 5.60. The Morgan fingerprint density at radius 2 is 1.58 bits per heavy atom. The van der Waals surface area contributed by atoms with Crippen molar-refractivity contribution >= 4 is 17.7 Å². The van der Waals surface area contributed by atoms with Crippen LogP contribution < -0.4 is 5.43 Å². The first kappa shape index (κ1) is 14.6. The number of hydrazine groups is 1. The monoisotopic (exact) mass is 320 g/mol. The van der Waals surface area contributed by atoms with E-state index in [-0.39, 0.29) is 11.8 Å². The van der Waals surface area contributed by atoms with Gasteiger partial charge in [-0.15, -0.1) is 0 Å². The lowest BCUT2D eigenvalue weighted by Gasteiger charge is -2.26. The summed E-state index contributed by atoms with van der Waals surface area (Å²) in [5, 5.41) is 0.838. The molecular formula is C19H16N2O3. The Kier molecular flexibility index (Phi) is 3.41. The van der Waals surface area contributed by atoms with Gasteiger partial charge in [0, 0.05) is 0 Å². The lowest BCUT2D eigenvalue weighted by atomic mass is 9.82. The zero-order valence-corrected chi connectivity index (χ0v) is 13.0. The standard InChI is InChI=1S/C19H16N2O3/c22-17(14-11-5-7-12-6-1-2-8-13(12)14)20-21-18(23)15-9-3-4-10-16(15)19(21)24/h1-4,6,8-10,14H,5,7,11H2,(H,20,22). The summed E-state index contributed by atoms with van der Waals surface area (Å²) in [7, 11) is 0. The van der Waals surface area contributed by atoms with E-state index >= 15 is 0 Å². The first-order valence-corrected chi connectivity index (χ1v) is 8.03. The van der Waals surface area contributed by atoms with Crippen LogP contribution in [0.1, 0.15) is 50.6 Å². The molecule has 1 unspecified atom stereocenters. The Hall–Kier alpha value is -2.95. The van der Waals surface area contributed by atoms with Crippen LogP contribution in [0.15, 0.2) is 48.5 Å². The average Bonchev–Trinajstić information content (AvgIpc) is 2.86. The van der Waals surface area contributed by atoms with Crippen molar-refractivity contribution in [3.8, 4) is 0 Å². The Morgan fingerprint density at radius 1 is 0.958 bits per heavy atom. The molecule has 5 nitrogen and oxygen atoms in total. The highest BCUT2D eigenvalue weighted by Gasteiger charge is 2.38. The minimum Gasteiger partial charge on any atom is -0.273 e. The predicted octanol–water partition coefficient (Wildman–Crippen LogP) is 2.43. The fourth-order valence-corrected chi connectivity index (χ4v) is 3.51. The zero-order chi connectivity index (χ0) is 16.7. The summed E-state index contributed by atoms with van der Waals surface area (Å²) in [6.07, 6.45) is 2.58. The molecule has 0 saturated heterocycles. The van der Waals surface area contributed by atoms with Gasteiger partial charge in [0.25, 0.3) is 11.8 Å². The molecule has 1 N–H and O–H groups in total. The van der Waals surface area contributed by atoms with Crippen molar-refractivity contribution in [2.45, 2.75) is 25.2 Å². The molecule has 3 amide bonds. The number of carbonyl (C=O) groups excluding carboxylic acids is 3. The van der Waals surface area contributed by atoms with Crippen LogP contribution in [0, 0.1) is 0 Å². The third kappa shape index (κ3) is 2.21. The summed E-state index contributed by atoms with van der Waals surface area (Å²) < 4.78 is 0. The van der Waals surface area contributed by atoms with Crippen molar-refractivity contribution in [2.75, 3.05) is 0 Å². The molecular weight excluding hydrogens is 304 g/mol. The molecule has 0 fully saturated rings. The molecule has 4 rings (SSSR count). The van der Waals surface area contributed by atoms with E-state index in [1.54, 1.807) is 24.3 Å². The molecule has 0 saturated carbocycles. The van der Waals surface area contributed by atoms with Gasteiger partial charge < -0.3 is 0 Å². The SMILES string of the molecule is O=C(NN1C(=O)c2ccccc2C1=O)C1CCCc2ccccc21. The third-order valence-electron chi connectivity index (χ3n) is 4.70. The van der Waals surface area contributed by atoms with Crippen molar-refractivity contribution in [3.05, 3.63) is 70.8 Å². The molecule has 5 heteroatoms. The molecule has 0 radical (unpaired) electrons. The van der Waals surface area contributed by atoms with Gasteiger partial charge in [-0.2, -0.15) is 5.01 Å². The smallest absolute Gasteiger partial charge is 0.273 e. The van der Waals surface area contributed by atoms with Gasteiger partial charge in [-0.3, -0.25) is 19.8 Å². The van der Waals surface area contributed by atoms with Crippen LogP contribution in [0.4, 0.5) is 0 Å². The molecule has 0 spiro atoms. The van der Waals surface area contributed by atoms with E-state index in [2.05, 4.69) is 5.43 Å². The number of carbonyl (C=O) groups is 3. The number of imide groups is 1. The molecule has 0 aromatic heterocycles. The van der Waals surface area contributed by atoms with Crippen LogP contribution >= 0.6 is 0 Å². The normalized spacial score (nSPS) is 19.0. The van der Waals surface area contributed by atoms with Crippen molar-refractivity contribution in [1.29, 1.82) is 0 Å². The Balaban J connectivity index is 1.58. The average molecular weight is 320 g/mol. The summed E-state index contributed by atoms with van der Waals surface area (Å²) >= 11 is 0. The van der Waals surface area contributed by atoms with Gasteiger partial charge in [0.05, 0.1) is 17.0 Å². The highest BCUT2D eigenvalue weighted by atomic mass is 16.2. The first-order valence-electron chi connectivity index (χ1n) is 8.03. The number of nitrogens with zero attached hydrogens (tertiary/aromatic N) is 1. The van der Waals surface area contributed by atoms with Crippen LogP contribution in [-0.2, 0) is 11.2 Å². The molecule has 120 valence electrons. The number of aryl methyl sites for hydroxylation is 1. The Labute approximate surface area is 139 Å². The number of hydrogen-bond acceptors (Lipinski definition) is 3. The molecule has 1 aliphatic carbocycles. The lowest BCUT2D eigenvalue weighted by Crippen LogP contribution is -2.48. The number of hydrogen-bond donors (Lipinski definition) is 1. The number of amides is 3. The zero-order valence-electron chi connectivity index (χ0n) is 13.0. The van der Waals surface area contributed by atoms with E-state index in [9.17, 15) is 14.4 Å². The fourth-order valence-electron chi connectivity index (χ4n) is 3.51. The van der Waals surface area contributed by atoms with E-state index in [1.807, 2.05) is 24.3 Å². The molecule has 2 aromatic carbocycles. The molecule has 0 bridgehead atoms. The third-order valence-corrected chi connectivity index (χ3v) is 4.70. The van der Waals surface area contributed by atoms with E-state index in [4.69, 9.17) is 0 Å². The number of fused-ring (bicyclic) bond motifs is 2. The molecule has 1 atom stereocenters. The van der Waals surface area contributed by atoms with Gasteiger partial charge >= 0.3 is 0 Å². The van der Waals surface area contributed by atoms with Crippen LogP contribution in [0.25, 0.3) is 0 Å². The highest BCUT2D eigenvalue weighted by molar-refractivity contribution is 6.21. The summed E-state index contributed by atoms with van der Waals surface area (Å²) in [5.41, 5.74) is 5.33. The number of rotatable bonds is 2. The lowest BCUT2D eigenvalue weighted by molar-refractivity contribution is -0.126. The second-order valence-electron chi connectivity index (χ2n) is 6.11. The summed E-state index contributed by atoms with van der Waals surface area (Å²) in [6.45, 7) is 0. The first-order chi connectivity index (χ1) is 11.7. The van der Waals surface area contributed by atoms with E-state index in [1.165, 1.54) is 0 Å². The minimum absolute atomic E-state index is 0.309. The van der Waals surface area contributed by atoms with Crippen molar-refractivity contribution in [2.24, 2.45) is 0 Å². The number of benzene rings is 2. The topological polar surface area (TPSA) is 66.5 Å². The maximum absolute atomic E-state index is 12.7. The second-order valence-corrected chi connectivity index (χ2v) is 6.11. The van der Waals surface area contributed by atoms with Gasteiger partial charge in [0.15, 0.2) is 0 Å². The van der Waals surface area contributed by atoms with Gasteiger partial charge in [-0.25, -0.2) is 0 Å². The Morgan fingerprint density at radius 3 is 2.29 bits per heavy atom. The summed E-state index contributed by atoms with van der Waals surface area (Å²) in [4.78, 5) is 37.4. The molecule has 1 aliphatic heterocycles. The van der Waals surface area contributed by atoms with Gasteiger partial charge in [0.1, 0.15) is 0 Å². The summed E-state index contributed by atoms with van der Waals surface area (Å²) in [6, 6.07) is 14.4. The molecule has 24 heavy (non-hydrogen) atoms. The van der Waals surface area contributed by atoms with Crippen molar-refractivity contribution in [3.63, 3.8) is 0 Å². The largest absolute Gasteiger partial charge is 0.280 e. The highest BCUT2D eigenvalue weighted by Crippen LogP contribution is 2.32. The summed E-state index contributed by atoms with van der Waals surface area (Å²) in [5.74, 6) is -1.60. The van der Waals surface area contributed by atoms with Gasteiger partial charge in [-0.1, -0.05) is 36.4 Å². The van der Waals surface area contributed by atoms with Crippen LogP contribution in [0.5, 0.6) is 0 Å². The minimum atomic E-state index is -0.479. The van der Waals surface area contributed by atoms with E-state index in [0.717, 1.165) is 29.0 Å². The maximum Gasteiger partial charge on any atom is 0.280 e. The quantitative estimate of drug-likeness (QED) is 0.864. The molecule has 1 heterocycles. The molecule has 2 aromatic rings. The van der Waals surface area contributed by atoms with Crippen LogP contribution in [0.2, 0.25) is 0 Å². The van der Waals surface area contributed by atoms with E-state index in [0.29, 0.717) is 17.5 Å². The van der Waals surface area contributed by atoms with Crippen LogP contribution in [-0.4, -0.2) is 22.7 Å². The maximum atomic E-state index is 12.7. The van der Waals surface area contributed by atoms with Crippen molar-refractivity contribution < 1.29 is 14.4 Å². The molecule has 2 aliphatic rings. The predicted molar refractivity (Wildman–Crippen MR) is 87.2 cm³/mol.